The number of aromatic nitrogens is 4. The minimum atomic E-state index is -0.557. The topological polar surface area (TPSA) is 77.3 Å². The molecule has 0 bridgehead atoms. The number of hydrogen-bond donors (Lipinski definition) is 1. The Hall–Kier alpha value is -2.95. The summed E-state index contributed by atoms with van der Waals surface area (Å²) in [5, 5.41) is 2.92. The van der Waals surface area contributed by atoms with Crippen LogP contribution in [-0.4, -0.2) is 62.9 Å². The van der Waals surface area contributed by atoms with E-state index in [1.807, 2.05) is 17.6 Å². The number of ether oxygens (including phenoxy) is 2. The van der Waals surface area contributed by atoms with Crippen molar-refractivity contribution >= 4 is 11.6 Å². The van der Waals surface area contributed by atoms with Crippen LogP contribution in [0.2, 0.25) is 0 Å². The number of halogens is 2. The van der Waals surface area contributed by atoms with E-state index in [0.29, 0.717) is 38.7 Å². The van der Waals surface area contributed by atoms with Crippen molar-refractivity contribution in [3.63, 3.8) is 0 Å². The maximum absolute atomic E-state index is 15.0. The van der Waals surface area contributed by atoms with Crippen LogP contribution >= 0.6 is 0 Å². The number of imidazole rings is 1. The fourth-order valence-electron chi connectivity index (χ4n) is 5.08. The first-order chi connectivity index (χ1) is 17.4. The highest BCUT2D eigenvalue weighted by atomic mass is 19.1. The molecule has 4 heterocycles. The number of anilines is 2. The first kappa shape index (κ1) is 24.7. The monoisotopic (exact) mass is 498 g/mol. The highest BCUT2D eigenvalue weighted by molar-refractivity contribution is 5.60. The van der Waals surface area contributed by atoms with E-state index in [0.717, 1.165) is 30.4 Å². The molecule has 2 fully saturated rings. The second-order valence-corrected chi connectivity index (χ2v) is 9.64. The van der Waals surface area contributed by atoms with Gasteiger partial charge in [0.25, 0.3) is 0 Å². The molecule has 0 unspecified atom stereocenters. The van der Waals surface area contributed by atoms with Crippen LogP contribution in [0.4, 0.5) is 20.4 Å². The minimum Gasteiger partial charge on any atom is -0.381 e. The fourth-order valence-corrected chi connectivity index (χ4v) is 5.08. The third kappa shape index (κ3) is 5.11. The Balaban J connectivity index is 1.36. The third-order valence-electron chi connectivity index (χ3n) is 7.02. The standard InChI is InChI=1S/C26H32F2N6O2/c1-16-14-36-15-17(2)33(16)13-19-4-5-23(21(27)10-19)31-26-30-11-22(28)25(32-26)24-12-29-18(3)34(24)20-6-8-35-9-7-20/h4-5,10-12,16-17,20H,6-9,13-15H2,1-3H3,(H,30,31,32)/t16-,17-/m0/s1. The molecule has 2 aliphatic rings. The minimum absolute atomic E-state index is 0.117. The lowest BCUT2D eigenvalue weighted by molar-refractivity contribution is -0.0409. The lowest BCUT2D eigenvalue weighted by Crippen LogP contribution is -2.48. The number of benzene rings is 1. The van der Waals surface area contributed by atoms with Crippen molar-refractivity contribution in [1.29, 1.82) is 0 Å². The van der Waals surface area contributed by atoms with Crippen molar-refractivity contribution in [1.82, 2.24) is 24.4 Å². The summed E-state index contributed by atoms with van der Waals surface area (Å²) in [5.41, 5.74) is 1.81. The van der Waals surface area contributed by atoms with Crippen LogP contribution in [-0.2, 0) is 16.0 Å². The van der Waals surface area contributed by atoms with Gasteiger partial charge in [0.15, 0.2) is 5.82 Å². The summed E-state index contributed by atoms with van der Waals surface area (Å²) in [7, 11) is 0. The SMILES string of the molecule is Cc1ncc(-c2nc(Nc3ccc(CN4[C@@H](C)COC[C@@H]4C)cc3F)ncc2F)n1C1CCOCC1. The highest BCUT2D eigenvalue weighted by Crippen LogP contribution is 2.31. The van der Waals surface area contributed by atoms with E-state index in [4.69, 9.17) is 9.47 Å². The van der Waals surface area contributed by atoms with Gasteiger partial charge in [-0.25, -0.2) is 23.7 Å². The first-order valence-electron chi connectivity index (χ1n) is 12.4. The number of nitrogens with one attached hydrogen (secondary N) is 1. The second-order valence-electron chi connectivity index (χ2n) is 9.64. The van der Waals surface area contributed by atoms with Crippen LogP contribution in [0, 0.1) is 18.6 Å². The van der Waals surface area contributed by atoms with Crippen LogP contribution in [0.3, 0.4) is 0 Å². The second kappa shape index (κ2) is 10.6. The van der Waals surface area contributed by atoms with Crippen LogP contribution in [0.15, 0.2) is 30.6 Å². The fraction of sp³-hybridized carbons (Fsp3) is 0.500. The van der Waals surface area contributed by atoms with Crippen molar-refractivity contribution in [3.8, 4) is 11.4 Å². The normalized spacial score (nSPS) is 21.6. The maximum Gasteiger partial charge on any atom is 0.228 e. The molecule has 36 heavy (non-hydrogen) atoms. The zero-order chi connectivity index (χ0) is 25.2. The maximum atomic E-state index is 15.0. The average Bonchev–Trinajstić information content (AvgIpc) is 3.26. The van der Waals surface area contributed by atoms with Crippen LogP contribution in [0.1, 0.15) is 44.1 Å². The summed E-state index contributed by atoms with van der Waals surface area (Å²) in [4.78, 5) is 15.2. The molecule has 5 rings (SSSR count). The van der Waals surface area contributed by atoms with Crippen LogP contribution in [0.5, 0.6) is 0 Å². The molecule has 0 spiro atoms. The van der Waals surface area contributed by atoms with Gasteiger partial charge in [-0.05, 0) is 51.3 Å². The van der Waals surface area contributed by atoms with Gasteiger partial charge in [0.2, 0.25) is 5.95 Å². The molecule has 1 N–H and O–H groups in total. The quantitative estimate of drug-likeness (QED) is 0.531. The molecule has 10 heteroatoms. The molecule has 2 aliphatic heterocycles. The molecule has 3 aromatic rings. The van der Waals surface area contributed by atoms with Gasteiger partial charge in [-0.1, -0.05) is 6.07 Å². The molecule has 2 atom stereocenters. The van der Waals surface area contributed by atoms with E-state index < -0.39 is 11.6 Å². The van der Waals surface area contributed by atoms with Crippen molar-refractivity contribution < 1.29 is 18.3 Å². The summed E-state index contributed by atoms with van der Waals surface area (Å²) >= 11 is 0. The summed E-state index contributed by atoms with van der Waals surface area (Å²) < 4.78 is 43.0. The lowest BCUT2D eigenvalue weighted by atomic mass is 10.1. The average molecular weight is 499 g/mol. The predicted octanol–water partition coefficient (Wildman–Crippen LogP) is 4.63. The number of aryl methyl sites for hydroxylation is 1. The smallest absolute Gasteiger partial charge is 0.228 e. The van der Waals surface area contributed by atoms with Gasteiger partial charge in [-0.2, -0.15) is 0 Å². The number of morpholine rings is 1. The number of rotatable bonds is 6. The molecule has 8 nitrogen and oxygen atoms in total. The van der Waals surface area contributed by atoms with Crippen molar-refractivity contribution in [3.05, 3.63) is 53.6 Å². The Labute approximate surface area is 209 Å². The molecule has 2 saturated heterocycles. The zero-order valence-corrected chi connectivity index (χ0v) is 20.9. The molecule has 0 amide bonds. The summed E-state index contributed by atoms with van der Waals surface area (Å²) in [5.74, 6) is -0.0715. The molecule has 1 aromatic carbocycles. The Kier molecular flexibility index (Phi) is 7.27. The largest absolute Gasteiger partial charge is 0.381 e. The Morgan fingerprint density at radius 1 is 1.00 bits per heavy atom. The van der Waals surface area contributed by atoms with E-state index in [1.54, 1.807) is 12.3 Å². The molecule has 192 valence electrons. The molecule has 0 aliphatic carbocycles. The Morgan fingerprint density at radius 3 is 2.47 bits per heavy atom. The van der Waals surface area contributed by atoms with Gasteiger partial charge >= 0.3 is 0 Å². The van der Waals surface area contributed by atoms with Crippen molar-refractivity contribution in [2.45, 2.75) is 58.3 Å². The van der Waals surface area contributed by atoms with E-state index in [-0.39, 0.29) is 35.5 Å². The van der Waals surface area contributed by atoms with Crippen LogP contribution < -0.4 is 5.32 Å². The van der Waals surface area contributed by atoms with Crippen LogP contribution in [0.25, 0.3) is 11.4 Å². The number of hydrogen-bond acceptors (Lipinski definition) is 7. The molecule has 0 saturated carbocycles. The molecule has 0 radical (unpaired) electrons. The number of nitrogens with zero attached hydrogens (tertiary/aromatic N) is 5. The Morgan fingerprint density at radius 2 is 1.75 bits per heavy atom. The van der Waals surface area contributed by atoms with Gasteiger partial charge < -0.3 is 19.4 Å². The van der Waals surface area contributed by atoms with Gasteiger partial charge in [-0.3, -0.25) is 4.90 Å². The zero-order valence-electron chi connectivity index (χ0n) is 20.9. The third-order valence-corrected chi connectivity index (χ3v) is 7.02. The molecule has 2 aromatic heterocycles. The van der Waals surface area contributed by atoms with Gasteiger partial charge in [0, 0.05) is 37.9 Å². The summed E-state index contributed by atoms with van der Waals surface area (Å²) in [6.45, 7) is 9.40. The van der Waals surface area contributed by atoms with E-state index in [2.05, 4.69) is 39.0 Å². The van der Waals surface area contributed by atoms with Gasteiger partial charge in [0.05, 0.1) is 37.0 Å². The molecular formula is C26H32F2N6O2. The Bertz CT molecular complexity index is 1200. The predicted molar refractivity (Wildman–Crippen MR) is 132 cm³/mol. The lowest BCUT2D eigenvalue weighted by Gasteiger charge is -2.38. The highest BCUT2D eigenvalue weighted by Gasteiger charge is 2.26. The van der Waals surface area contributed by atoms with Gasteiger partial charge in [-0.15, -0.1) is 0 Å². The van der Waals surface area contributed by atoms with Gasteiger partial charge in [0.1, 0.15) is 17.3 Å². The first-order valence-corrected chi connectivity index (χ1v) is 12.4. The van der Waals surface area contributed by atoms with Crippen molar-refractivity contribution in [2.24, 2.45) is 0 Å². The summed E-state index contributed by atoms with van der Waals surface area (Å²) in [6.07, 6.45) is 4.38. The van der Waals surface area contributed by atoms with Crippen molar-refractivity contribution in [2.75, 3.05) is 31.7 Å². The van der Waals surface area contributed by atoms with E-state index in [9.17, 15) is 4.39 Å². The van der Waals surface area contributed by atoms with E-state index >= 15 is 4.39 Å². The summed E-state index contributed by atoms with van der Waals surface area (Å²) in [6, 6.07) is 5.75. The van der Waals surface area contributed by atoms with E-state index in [1.165, 1.54) is 6.07 Å². The molecular weight excluding hydrogens is 466 g/mol.